The first-order valence-corrected chi connectivity index (χ1v) is 7.18. The first-order chi connectivity index (χ1) is 7.77. The fraction of sp³-hybridized carbons (Fsp3) is 0.667. The van der Waals surface area contributed by atoms with Crippen molar-refractivity contribution >= 4 is 22.9 Å². The van der Waals surface area contributed by atoms with Crippen LogP contribution in [0.1, 0.15) is 25.1 Å². The van der Waals surface area contributed by atoms with Gasteiger partial charge in [-0.15, -0.1) is 11.3 Å². The number of hydrogen-bond acceptors (Lipinski definition) is 3. The molecule has 0 aromatic carbocycles. The average Bonchev–Trinajstić information content (AvgIpc) is 2.70. The zero-order valence-electron chi connectivity index (χ0n) is 10.1. The zero-order chi connectivity index (χ0) is 11.8. The topological polar surface area (TPSA) is 15.3 Å². The van der Waals surface area contributed by atoms with E-state index in [1.165, 1.54) is 17.8 Å². The summed E-state index contributed by atoms with van der Waals surface area (Å²) in [5.41, 5.74) is 0. The molecule has 0 amide bonds. The molecule has 0 saturated carbocycles. The van der Waals surface area contributed by atoms with Gasteiger partial charge in [0.2, 0.25) is 0 Å². The van der Waals surface area contributed by atoms with Crippen LogP contribution in [0.3, 0.4) is 0 Å². The molecule has 0 bridgehead atoms. The molecular formula is C12H21ClN2S. The molecule has 0 aliphatic heterocycles. The van der Waals surface area contributed by atoms with Gasteiger partial charge in [0.05, 0.1) is 5.02 Å². The van der Waals surface area contributed by atoms with Gasteiger partial charge >= 0.3 is 0 Å². The quantitative estimate of drug-likeness (QED) is 0.722. The summed E-state index contributed by atoms with van der Waals surface area (Å²) in [4.78, 5) is 3.68. The third kappa shape index (κ3) is 4.83. The zero-order valence-corrected chi connectivity index (χ0v) is 11.7. The summed E-state index contributed by atoms with van der Waals surface area (Å²) < 4.78 is 0. The maximum atomic E-state index is 6.01. The number of hydrogen-bond donors (Lipinski definition) is 1. The monoisotopic (exact) mass is 260 g/mol. The van der Waals surface area contributed by atoms with Crippen LogP contribution in [-0.4, -0.2) is 31.1 Å². The maximum Gasteiger partial charge on any atom is 0.0558 e. The van der Waals surface area contributed by atoms with Gasteiger partial charge in [0.25, 0.3) is 0 Å². The van der Waals surface area contributed by atoms with E-state index in [1.807, 2.05) is 11.4 Å². The van der Waals surface area contributed by atoms with Crippen LogP contribution in [0.4, 0.5) is 0 Å². The van der Waals surface area contributed by atoms with E-state index in [9.17, 15) is 0 Å². The molecule has 0 saturated heterocycles. The molecule has 1 N–H and O–H groups in total. The Labute approximate surface area is 108 Å². The fourth-order valence-corrected chi connectivity index (χ4v) is 2.69. The molecule has 1 aromatic rings. The number of halogens is 1. The molecule has 1 heterocycles. The Balaban J connectivity index is 2.06. The van der Waals surface area contributed by atoms with E-state index >= 15 is 0 Å². The van der Waals surface area contributed by atoms with Crippen molar-refractivity contribution in [2.45, 2.75) is 26.8 Å². The van der Waals surface area contributed by atoms with Crippen LogP contribution in [0.25, 0.3) is 0 Å². The van der Waals surface area contributed by atoms with Gasteiger partial charge in [-0.3, -0.25) is 0 Å². The highest BCUT2D eigenvalue weighted by Crippen LogP contribution is 2.21. The molecule has 0 aliphatic rings. The Morgan fingerprint density at radius 3 is 2.69 bits per heavy atom. The van der Waals surface area contributed by atoms with Crippen molar-refractivity contribution < 1.29 is 0 Å². The molecule has 1 aromatic heterocycles. The van der Waals surface area contributed by atoms with Crippen LogP contribution in [0.15, 0.2) is 11.4 Å². The number of nitrogens with one attached hydrogen (secondary N) is 1. The third-order valence-corrected chi connectivity index (χ3v) is 4.09. The number of nitrogens with zero attached hydrogens (tertiary/aromatic N) is 1. The summed E-state index contributed by atoms with van der Waals surface area (Å²) in [6.45, 7) is 9.85. The summed E-state index contributed by atoms with van der Waals surface area (Å²) >= 11 is 7.73. The molecule has 16 heavy (non-hydrogen) atoms. The van der Waals surface area contributed by atoms with Crippen molar-refractivity contribution in [3.63, 3.8) is 0 Å². The standard InChI is InChI=1S/C12H21ClN2S/c1-3-15(4-2)8-5-7-14-10-12-11(13)6-9-16-12/h6,9,14H,3-5,7-8,10H2,1-2H3. The molecular weight excluding hydrogens is 240 g/mol. The lowest BCUT2D eigenvalue weighted by Gasteiger charge is -2.17. The predicted octanol–water partition coefficient (Wildman–Crippen LogP) is 3.22. The minimum atomic E-state index is 0.890. The maximum absolute atomic E-state index is 6.01. The first kappa shape index (κ1) is 14.0. The van der Waals surface area contributed by atoms with E-state index in [4.69, 9.17) is 11.6 Å². The predicted molar refractivity (Wildman–Crippen MR) is 73.4 cm³/mol. The van der Waals surface area contributed by atoms with E-state index in [2.05, 4.69) is 24.1 Å². The van der Waals surface area contributed by atoms with E-state index in [0.29, 0.717) is 0 Å². The van der Waals surface area contributed by atoms with Crippen molar-refractivity contribution in [2.24, 2.45) is 0 Å². The molecule has 0 spiro atoms. The van der Waals surface area contributed by atoms with Crippen LogP contribution in [0, 0.1) is 0 Å². The Hall–Kier alpha value is -0.0900. The highest BCUT2D eigenvalue weighted by molar-refractivity contribution is 7.10. The normalized spacial score (nSPS) is 11.2. The molecule has 1 rings (SSSR count). The number of rotatable bonds is 8. The third-order valence-electron chi connectivity index (χ3n) is 2.70. The highest BCUT2D eigenvalue weighted by atomic mass is 35.5. The minimum Gasteiger partial charge on any atom is -0.312 e. The van der Waals surface area contributed by atoms with Gasteiger partial charge in [0.15, 0.2) is 0 Å². The second-order valence-electron chi connectivity index (χ2n) is 3.75. The molecule has 4 heteroatoms. The molecule has 0 aliphatic carbocycles. The van der Waals surface area contributed by atoms with Crippen LogP contribution in [-0.2, 0) is 6.54 Å². The molecule has 0 radical (unpaired) electrons. The van der Waals surface area contributed by atoms with Crippen LogP contribution < -0.4 is 5.32 Å². The Morgan fingerprint density at radius 2 is 2.12 bits per heavy atom. The van der Waals surface area contributed by atoms with Gasteiger partial charge in [-0.2, -0.15) is 0 Å². The van der Waals surface area contributed by atoms with E-state index < -0.39 is 0 Å². The van der Waals surface area contributed by atoms with Crippen molar-refractivity contribution in [1.29, 1.82) is 0 Å². The van der Waals surface area contributed by atoms with Gasteiger partial charge in [-0.25, -0.2) is 0 Å². The lowest BCUT2D eigenvalue weighted by atomic mass is 10.3. The average molecular weight is 261 g/mol. The Kier molecular flexibility index (Phi) is 7.05. The Bertz CT molecular complexity index is 284. The van der Waals surface area contributed by atoms with Crippen molar-refractivity contribution in [3.8, 4) is 0 Å². The van der Waals surface area contributed by atoms with Crippen LogP contribution in [0.5, 0.6) is 0 Å². The molecule has 0 fully saturated rings. The summed E-state index contributed by atoms with van der Waals surface area (Å²) in [5, 5.41) is 6.36. The van der Waals surface area contributed by atoms with Gasteiger partial charge in [0, 0.05) is 11.4 Å². The van der Waals surface area contributed by atoms with Gasteiger partial charge in [-0.05, 0) is 44.0 Å². The lowest BCUT2D eigenvalue weighted by Crippen LogP contribution is -2.27. The summed E-state index contributed by atoms with van der Waals surface area (Å²) in [5.74, 6) is 0. The molecule has 92 valence electrons. The van der Waals surface area contributed by atoms with Crippen LogP contribution >= 0.6 is 22.9 Å². The van der Waals surface area contributed by atoms with E-state index in [-0.39, 0.29) is 0 Å². The van der Waals surface area contributed by atoms with Gasteiger partial charge < -0.3 is 10.2 Å². The van der Waals surface area contributed by atoms with Gasteiger partial charge in [0.1, 0.15) is 0 Å². The second kappa shape index (κ2) is 8.07. The number of thiophene rings is 1. The Morgan fingerprint density at radius 1 is 1.38 bits per heavy atom. The molecule has 0 atom stereocenters. The van der Waals surface area contributed by atoms with Crippen molar-refractivity contribution in [3.05, 3.63) is 21.3 Å². The smallest absolute Gasteiger partial charge is 0.0558 e. The highest BCUT2D eigenvalue weighted by Gasteiger charge is 2.01. The second-order valence-corrected chi connectivity index (χ2v) is 5.16. The lowest BCUT2D eigenvalue weighted by molar-refractivity contribution is 0.298. The van der Waals surface area contributed by atoms with Crippen molar-refractivity contribution in [1.82, 2.24) is 10.2 Å². The summed E-state index contributed by atoms with van der Waals surface area (Å²) in [6.07, 6.45) is 1.20. The SMILES string of the molecule is CCN(CC)CCCNCc1sccc1Cl. The minimum absolute atomic E-state index is 0.890. The summed E-state index contributed by atoms with van der Waals surface area (Å²) in [6, 6.07) is 1.96. The first-order valence-electron chi connectivity index (χ1n) is 5.92. The van der Waals surface area contributed by atoms with E-state index in [0.717, 1.165) is 31.2 Å². The fourth-order valence-electron chi connectivity index (χ4n) is 1.62. The summed E-state index contributed by atoms with van der Waals surface area (Å²) in [7, 11) is 0. The molecule has 2 nitrogen and oxygen atoms in total. The van der Waals surface area contributed by atoms with E-state index in [1.54, 1.807) is 11.3 Å². The van der Waals surface area contributed by atoms with Crippen molar-refractivity contribution in [2.75, 3.05) is 26.2 Å². The van der Waals surface area contributed by atoms with Gasteiger partial charge in [-0.1, -0.05) is 25.4 Å². The van der Waals surface area contributed by atoms with Crippen LogP contribution in [0.2, 0.25) is 5.02 Å². The largest absolute Gasteiger partial charge is 0.312 e. The molecule has 0 unspecified atom stereocenters.